The van der Waals surface area contributed by atoms with Gasteiger partial charge in [0.25, 0.3) is 0 Å². The largest absolute Gasteiger partial charge is 0.286 e. The number of hydrogen-bond acceptors (Lipinski definition) is 1. The van der Waals surface area contributed by atoms with Gasteiger partial charge in [0.2, 0.25) is 0 Å². The van der Waals surface area contributed by atoms with Gasteiger partial charge in [-0.05, 0) is 25.5 Å². The van der Waals surface area contributed by atoms with Crippen molar-refractivity contribution in [3.8, 4) is 0 Å². The summed E-state index contributed by atoms with van der Waals surface area (Å²) in [5.41, 5.74) is 1.36. The van der Waals surface area contributed by atoms with Crippen LogP contribution in [0, 0.1) is 0 Å². The number of hydrogen-bond donors (Lipinski definition) is 0. The second kappa shape index (κ2) is 1.49. The molecular formula is C6H9N. The highest BCUT2D eigenvalue weighted by Gasteiger charge is 2.01. The van der Waals surface area contributed by atoms with Gasteiger partial charge in [0.05, 0.1) is 6.04 Å². The van der Waals surface area contributed by atoms with Crippen molar-refractivity contribution in [2.45, 2.75) is 19.9 Å². The number of allylic oxidation sites excluding steroid dienone is 1. The summed E-state index contributed by atoms with van der Waals surface area (Å²) in [5, 5.41) is 0. The van der Waals surface area contributed by atoms with E-state index in [2.05, 4.69) is 18.8 Å². The molecule has 0 aliphatic carbocycles. The van der Waals surface area contributed by atoms with E-state index < -0.39 is 0 Å². The first kappa shape index (κ1) is 4.57. The lowest BCUT2D eigenvalue weighted by Crippen LogP contribution is -1.92. The van der Waals surface area contributed by atoms with Crippen molar-refractivity contribution in [2.24, 2.45) is 4.99 Å². The fourth-order valence-corrected chi connectivity index (χ4v) is 0.547. The highest BCUT2D eigenvalue weighted by Crippen LogP contribution is 2.07. The molecule has 7 heavy (non-hydrogen) atoms. The van der Waals surface area contributed by atoms with Crippen LogP contribution in [0.15, 0.2) is 16.6 Å². The van der Waals surface area contributed by atoms with Gasteiger partial charge in [-0.2, -0.15) is 0 Å². The Balaban J connectivity index is 2.69. The molecule has 0 saturated heterocycles. The van der Waals surface area contributed by atoms with E-state index in [-0.39, 0.29) is 0 Å². The Hall–Kier alpha value is -0.590. The van der Waals surface area contributed by atoms with E-state index >= 15 is 0 Å². The van der Waals surface area contributed by atoms with Gasteiger partial charge in [0.1, 0.15) is 0 Å². The molecular weight excluding hydrogens is 86.1 g/mol. The maximum Gasteiger partial charge on any atom is 0.0681 e. The summed E-state index contributed by atoms with van der Waals surface area (Å²) in [6, 6.07) is 0.444. The Morgan fingerprint density at radius 1 is 1.71 bits per heavy atom. The molecule has 1 unspecified atom stereocenters. The third-order valence-electron chi connectivity index (χ3n) is 1.31. The summed E-state index contributed by atoms with van der Waals surface area (Å²) >= 11 is 0. The standard InChI is InChI=1S/C6H9N/c1-5-3-4-7-6(5)2/h3-4,6H,1-2H3. The summed E-state index contributed by atoms with van der Waals surface area (Å²) in [4.78, 5) is 4.10. The smallest absolute Gasteiger partial charge is 0.0681 e. The molecule has 1 atom stereocenters. The van der Waals surface area contributed by atoms with Crippen LogP contribution in [-0.4, -0.2) is 12.3 Å². The first-order chi connectivity index (χ1) is 3.30. The minimum atomic E-state index is 0.444. The summed E-state index contributed by atoms with van der Waals surface area (Å²) in [6.45, 7) is 4.19. The quantitative estimate of drug-likeness (QED) is 0.431. The predicted molar refractivity (Wildman–Crippen MR) is 31.7 cm³/mol. The normalized spacial score (nSPS) is 28.3. The average Bonchev–Trinajstić information content (AvgIpc) is 1.91. The van der Waals surface area contributed by atoms with Crippen molar-refractivity contribution >= 4 is 6.21 Å². The maximum absolute atomic E-state index is 4.10. The highest BCUT2D eigenvalue weighted by atomic mass is 14.8. The fraction of sp³-hybridized carbons (Fsp3) is 0.500. The second-order valence-corrected chi connectivity index (χ2v) is 1.88. The molecule has 1 nitrogen and oxygen atoms in total. The zero-order valence-electron chi connectivity index (χ0n) is 4.68. The maximum atomic E-state index is 4.10. The lowest BCUT2D eigenvalue weighted by atomic mass is 10.2. The Kier molecular flexibility index (Phi) is 0.970. The molecule has 0 aromatic heterocycles. The molecule has 0 bridgehead atoms. The molecule has 0 saturated carbocycles. The molecule has 0 amide bonds. The van der Waals surface area contributed by atoms with Crippen molar-refractivity contribution in [3.05, 3.63) is 11.6 Å². The van der Waals surface area contributed by atoms with E-state index in [0.29, 0.717) is 6.04 Å². The molecule has 0 fully saturated rings. The van der Waals surface area contributed by atoms with Crippen LogP contribution in [0.3, 0.4) is 0 Å². The lowest BCUT2D eigenvalue weighted by molar-refractivity contribution is 0.887. The van der Waals surface area contributed by atoms with Gasteiger partial charge in [-0.25, -0.2) is 0 Å². The summed E-state index contributed by atoms with van der Waals surface area (Å²) < 4.78 is 0. The third-order valence-corrected chi connectivity index (χ3v) is 1.31. The van der Waals surface area contributed by atoms with Crippen LogP contribution in [0.1, 0.15) is 13.8 Å². The van der Waals surface area contributed by atoms with Gasteiger partial charge in [0.15, 0.2) is 0 Å². The van der Waals surface area contributed by atoms with Gasteiger partial charge >= 0.3 is 0 Å². The van der Waals surface area contributed by atoms with Crippen molar-refractivity contribution in [2.75, 3.05) is 0 Å². The number of rotatable bonds is 0. The highest BCUT2D eigenvalue weighted by molar-refractivity contribution is 5.75. The van der Waals surface area contributed by atoms with Crippen LogP contribution in [0.25, 0.3) is 0 Å². The zero-order valence-corrected chi connectivity index (χ0v) is 4.68. The van der Waals surface area contributed by atoms with Crippen LogP contribution in [0.4, 0.5) is 0 Å². The predicted octanol–water partition coefficient (Wildman–Crippen LogP) is 1.41. The lowest BCUT2D eigenvalue weighted by Gasteiger charge is -1.95. The van der Waals surface area contributed by atoms with Gasteiger partial charge in [-0.1, -0.05) is 0 Å². The van der Waals surface area contributed by atoms with Gasteiger partial charge in [-0.3, -0.25) is 4.99 Å². The van der Waals surface area contributed by atoms with Crippen molar-refractivity contribution in [3.63, 3.8) is 0 Å². The Morgan fingerprint density at radius 3 is 2.57 bits per heavy atom. The molecule has 1 rings (SSSR count). The van der Waals surface area contributed by atoms with E-state index in [1.165, 1.54) is 5.57 Å². The molecule has 0 spiro atoms. The molecule has 38 valence electrons. The monoisotopic (exact) mass is 95.1 g/mol. The van der Waals surface area contributed by atoms with Crippen LogP contribution >= 0.6 is 0 Å². The molecule has 0 aromatic rings. The van der Waals surface area contributed by atoms with Crippen LogP contribution in [0.2, 0.25) is 0 Å². The molecule has 1 heteroatoms. The van der Waals surface area contributed by atoms with Crippen LogP contribution < -0.4 is 0 Å². The number of nitrogens with zero attached hydrogens (tertiary/aromatic N) is 1. The topological polar surface area (TPSA) is 12.4 Å². The van der Waals surface area contributed by atoms with E-state index in [4.69, 9.17) is 0 Å². The van der Waals surface area contributed by atoms with Gasteiger partial charge in [-0.15, -0.1) is 0 Å². The Labute approximate surface area is 43.8 Å². The van der Waals surface area contributed by atoms with E-state index in [1.807, 2.05) is 12.3 Å². The third kappa shape index (κ3) is 0.710. The summed E-state index contributed by atoms with van der Waals surface area (Å²) in [7, 11) is 0. The SMILES string of the molecule is CC1=CC=NC1C. The fourth-order valence-electron chi connectivity index (χ4n) is 0.547. The van der Waals surface area contributed by atoms with Crippen molar-refractivity contribution in [1.82, 2.24) is 0 Å². The average molecular weight is 95.1 g/mol. The first-order valence-corrected chi connectivity index (χ1v) is 2.50. The molecule has 1 aliphatic heterocycles. The minimum Gasteiger partial charge on any atom is -0.286 e. The molecule has 1 aliphatic rings. The van der Waals surface area contributed by atoms with Gasteiger partial charge in [0, 0.05) is 6.21 Å². The van der Waals surface area contributed by atoms with Crippen LogP contribution in [-0.2, 0) is 0 Å². The molecule has 0 aromatic carbocycles. The van der Waals surface area contributed by atoms with Crippen molar-refractivity contribution < 1.29 is 0 Å². The molecule has 1 heterocycles. The number of aliphatic imine (C=N–C) groups is 1. The van der Waals surface area contributed by atoms with E-state index in [9.17, 15) is 0 Å². The molecule has 0 N–H and O–H groups in total. The van der Waals surface area contributed by atoms with E-state index in [1.54, 1.807) is 0 Å². The van der Waals surface area contributed by atoms with Gasteiger partial charge < -0.3 is 0 Å². The summed E-state index contributed by atoms with van der Waals surface area (Å²) in [5.74, 6) is 0. The van der Waals surface area contributed by atoms with Crippen molar-refractivity contribution in [1.29, 1.82) is 0 Å². The second-order valence-electron chi connectivity index (χ2n) is 1.88. The summed E-state index contributed by atoms with van der Waals surface area (Å²) in [6.07, 6.45) is 3.91. The molecule has 0 radical (unpaired) electrons. The Morgan fingerprint density at radius 2 is 2.43 bits per heavy atom. The minimum absolute atomic E-state index is 0.444. The first-order valence-electron chi connectivity index (χ1n) is 2.50. The Bertz CT molecular complexity index is 122. The van der Waals surface area contributed by atoms with E-state index in [0.717, 1.165) is 0 Å². The zero-order chi connectivity index (χ0) is 5.28. The van der Waals surface area contributed by atoms with Crippen LogP contribution in [0.5, 0.6) is 0 Å².